The minimum absolute atomic E-state index is 0.123. The standard InChI is InChI=1S/C13H12F3NO4/c14-13(15,16)11(18)6-17-12(19)4-2-8-1-3-9-10(5-8)21-7-20-9/h1-5,11,18H,6-7H2,(H,17,19)/b4-2+. The van der Waals surface area contributed by atoms with E-state index in [1.807, 2.05) is 5.32 Å². The second kappa shape index (κ2) is 6.04. The quantitative estimate of drug-likeness (QED) is 0.827. The van der Waals surface area contributed by atoms with E-state index in [4.69, 9.17) is 14.6 Å². The number of hydrogen-bond acceptors (Lipinski definition) is 4. The van der Waals surface area contributed by atoms with Gasteiger partial charge in [0.2, 0.25) is 12.7 Å². The third kappa shape index (κ3) is 4.12. The number of aliphatic hydroxyl groups excluding tert-OH is 1. The van der Waals surface area contributed by atoms with Crippen molar-refractivity contribution in [1.29, 1.82) is 0 Å². The van der Waals surface area contributed by atoms with Crippen LogP contribution in [-0.2, 0) is 4.79 Å². The number of nitrogens with one attached hydrogen (secondary N) is 1. The molecule has 1 aliphatic heterocycles. The lowest BCUT2D eigenvalue weighted by Crippen LogP contribution is -2.40. The van der Waals surface area contributed by atoms with Crippen LogP contribution in [0.4, 0.5) is 13.2 Å². The Morgan fingerprint density at radius 2 is 2.10 bits per heavy atom. The molecule has 1 heterocycles. The Labute approximate surface area is 118 Å². The Balaban J connectivity index is 1.88. The molecular weight excluding hydrogens is 291 g/mol. The van der Waals surface area contributed by atoms with Crippen LogP contribution in [0.2, 0.25) is 0 Å². The Bertz CT molecular complexity index is 557. The van der Waals surface area contributed by atoms with E-state index >= 15 is 0 Å². The highest BCUT2D eigenvalue weighted by Gasteiger charge is 2.38. The van der Waals surface area contributed by atoms with Crippen LogP contribution in [-0.4, -0.2) is 36.6 Å². The molecule has 0 aliphatic carbocycles. The van der Waals surface area contributed by atoms with Crippen molar-refractivity contribution in [3.63, 3.8) is 0 Å². The summed E-state index contributed by atoms with van der Waals surface area (Å²) < 4.78 is 46.4. The van der Waals surface area contributed by atoms with E-state index in [1.165, 1.54) is 6.08 Å². The molecule has 1 atom stereocenters. The fraction of sp³-hybridized carbons (Fsp3) is 0.308. The van der Waals surface area contributed by atoms with E-state index in [1.54, 1.807) is 18.2 Å². The topological polar surface area (TPSA) is 67.8 Å². The van der Waals surface area contributed by atoms with E-state index in [0.29, 0.717) is 17.1 Å². The summed E-state index contributed by atoms with van der Waals surface area (Å²) in [6.07, 6.45) is -4.85. The van der Waals surface area contributed by atoms with Gasteiger partial charge in [0.15, 0.2) is 17.6 Å². The first kappa shape index (κ1) is 15.2. The number of aliphatic hydroxyl groups is 1. The van der Waals surface area contributed by atoms with Crippen molar-refractivity contribution in [2.24, 2.45) is 0 Å². The normalized spacial score (nSPS) is 15.2. The second-order valence-corrected chi connectivity index (χ2v) is 4.25. The molecule has 0 saturated heterocycles. The summed E-state index contributed by atoms with van der Waals surface area (Å²) in [7, 11) is 0. The summed E-state index contributed by atoms with van der Waals surface area (Å²) in [5.41, 5.74) is 0.630. The molecule has 8 heteroatoms. The van der Waals surface area contributed by atoms with Crippen molar-refractivity contribution in [3.05, 3.63) is 29.8 Å². The van der Waals surface area contributed by atoms with Gasteiger partial charge in [0.25, 0.3) is 0 Å². The lowest BCUT2D eigenvalue weighted by Gasteiger charge is -2.14. The van der Waals surface area contributed by atoms with Crippen molar-refractivity contribution >= 4 is 12.0 Å². The van der Waals surface area contributed by atoms with Crippen molar-refractivity contribution in [1.82, 2.24) is 5.32 Å². The van der Waals surface area contributed by atoms with Crippen molar-refractivity contribution < 1.29 is 32.5 Å². The predicted molar refractivity (Wildman–Crippen MR) is 66.7 cm³/mol. The molecule has 1 aromatic carbocycles. The molecule has 2 N–H and O–H groups in total. The van der Waals surface area contributed by atoms with Gasteiger partial charge in [0.05, 0.1) is 6.54 Å². The van der Waals surface area contributed by atoms with Crippen LogP contribution in [0.3, 0.4) is 0 Å². The first-order valence-electron chi connectivity index (χ1n) is 5.96. The summed E-state index contributed by atoms with van der Waals surface area (Å²) in [4.78, 5) is 11.3. The molecule has 5 nitrogen and oxygen atoms in total. The van der Waals surface area contributed by atoms with E-state index < -0.39 is 24.7 Å². The zero-order valence-corrected chi connectivity index (χ0v) is 10.7. The zero-order valence-electron chi connectivity index (χ0n) is 10.7. The highest BCUT2D eigenvalue weighted by Crippen LogP contribution is 2.32. The van der Waals surface area contributed by atoms with Gasteiger partial charge in [-0.3, -0.25) is 4.79 Å². The van der Waals surface area contributed by atoms with Crippen LogP contribution in [0.1, 0.15) is 5.56 Å². The van der Waals surface area contributed by atoms with Gasteiger partial charge in [0, 0.05) is 6.08 Å². The van der Waals surface area contributed by atoms with Crippen LogP contribution < -0.4 is 14.8 Å². The number of alkyl halides is 3. The first-order valence-corrected chi connectivity index (χ1v) is 5.96. The molecule has 1 aromatic rings. The monoisotopic (exact) mass is 303 g/mol. The highest BCUT2D eigenvalue weighted by atomic mass is 19.4. The number of halogens is 3. The van der Waals surface area contributed by atoms with Crippen LogP contribution >= 0.6 is 0 Å². The van der Waals surface area contributed by atoms with Gasteiger partial charge in [0.1, 0.15) is 0 Å². The Hall–Kier alpha value is -2.22. The number of amides is 1. The summed E-state index contributed by atoms with van der Waals surface area (Å²) >= 11 is 0. The van der Waals surface area contributed by atoms with Gasteiger partial charge in [-0.15, -0.1) is 0 Å². The van der Waals surface area contributed by atoms with Gasteiger partial charge in [-0.1, -0.05) is 6.07 Å². The maximum atomic E-state index is 12.0. The van der Waals surface area contributed by atoms with Crippen molar-refractivity contribution in [2.45, 2.75) is 12.3 Å². The molecule has 1 aliphatic rings. The summed E-state index contributed by atoms with van der Waals surface area (Å²) in [6.45, 7) is -0.772. The average molecular weight is 303 g/mol. The number of carbonyl (C=O) groups is 1. The number of hydrogen-bond donors (Lipinski definition) is 2. The summed E-state index contributed by atoms with van der Waals surface area (Å²) in [5.74, 6) is 0.380. The van der Waals surface area contributed by atoms with E-state index in [2.05, 4.69) is 0 Å². The summed E-state index contributed by atoms with van der Waals surface area (Å²) in [5, 5.41) is 10.7. The molecule has 0 radical (unpaired) electrons. The number of carbonyl (C=O) groups excluding carboxylic acids is 1. The SMILES string of the molecule is O=C(/C=C/c1ccc2c(c1)OCO2)NCC(O)C(F)(F)F. The molecule has 1 amide bonds. The molecule has 2 rings (SSSR count). The Kier molecular flexibility index (Phi) is 4.37. The molecule has 0 bridgehead atoms. The fourth-order valence-electron chi connectivity index (χ4n) is 1.56. The Morgan fingerprint density at radius 1 is 1.38 bits per heavy atom. The fourth-order valence-corrected chi connectivity index (χ4v) is 1.56. The van der Waals surface area contributed by atoms with Crippen molar-refractivity contribution in [2.75, 3.05) is 13.3 Å². The zero-order chi connectivity index (χ0) is 15.5. The van der Waals surface area contributed by atoms with Gasteiger partial charge >= 0.3 is 6.18 Å². The van der Waals surface area contributed by atoms with Crippen LogP contribution in [0.15, 0.2) is 24.3 Å². The first-order chi connectivity index (χ1) is 9.86. The van der Waals surface area contributed by atoms with E-state index in [0.717, 1.165) is 6.08 Å². The average Bonchev–Trinajstić information content (AvgIpc) is 2.88. The van der Waals surface area contributed by atoms with Gasteiger partial charge < -0.3 is 19.9 Å². The lowest BCUT2D eigenvalue weighted by molar-refractivity contribution is -0.201. The van der Waals surface area contributed by atoms with Crippen LogP contribution in [0, 0.1) is 0 Å². The summed E-state index contributed by atoms with van der Waals surface area (Å²) in [6, 6.07) is 4.96. The minimum atomic E-state index is -4.76. The molecule has 0 fully saturated rings. The third-order valence-corrected chi connectivity index (χ3v) is 2.67. The molecular formula is C13H12F3NO4. The maximum Gasteiger partial charge on any atom is 0.416 e. The number of fused-ring (bicyclic) bond motifs is 1. The molecule has 114 valence electrons. The molecule has 0 aromatic heterocycles. The maximum absolute atomic E-state index is 12.0. The van der Waals surface area contributed by atoms with E-state index in [-0.39, 0.29) is 6.79 Å². The Morgan fingerprint density at radius 3 is 2.81 bits per heavy atom. The predicted octanol–water partition coefficient (Wildman–Crippen LogP) is 1.47. The molecule has 21 heavy (non-hydrogen) atoms. The van der Waals surface area contributed by atoms with Gasteiger partial charge in [-0.25, -0.2) is 0 Å². The van der Waals surface area contributed by atoms with E-state index in [9.17, 15) is 18.0 Å². The number of rotatable bonds is 4. The van der Waals surface area contributed by atoms with Crippen molar-refractivity contribution in [3.8, 4) is 11.5 Å². The largest absolute Gasteiger partial charge is 0.454 e. The van der Waals surface area contributed by atoms with Crippen LogP contribution in [0.25, 0.3) is 6.08 Å². The lowest BCUT2D eigenvalue weighted by atomic mass is 10.2. The third-order valence-electron chi connectivity index (χ3n) is 2.67. The minimum Gasteiger partial charge on any atom is -0.454 e. The smallest absolute Gasteiger partial charge is 0.416 e. The second-order valence-electron chi connectivity index (χ2n) is 4.25. The highest BCUT2D eigenvalue weighted by molar-refractivity contribution is 5.91. The van der Waals surface area contributed by atoms with Gasteiger partial charge in [-0.2, -0.15) is 13.2 Å². The van der Waals surface area contributed by atoms with Gasteiger partial charge in [-0.05, 0) is 23.8 Å². The number of benzene rings is 1. The number of ether oxygens (including phenoxy) is 2. The molecule has 0 spiro atoms. The molecule has 0 saturated carbocycles. The van der Waals surface area contributed by atoms with Crippen LogP contribution in [0.5, 0.6) is 11.5 Å². The molecule has 1 unspecified atom stereocenters.